The van der Waals surface area contributed by atoms with Crippen molar-refractivity contribution < 1.29 is 13.7 Å². The second-order valence-corrected chi connectivity index (χ2v) is 4.09. The van der Waals surface area contributed by atoms with E-state index in [9.17, 15) is 0 Å². The van der Waals surface area contributed by atoms with Crippen molar-refractivity contribution in [2.45, 2.75) is 33.8 Å². The Bertz CT molecular complexity index is 96.7. The van der Waals surface area contributed by atoms with E-state index in [1.165, 1.54) is 0 Å². The Morgan fingerprint density at radius 1 is 1.17 bits per heavy atom. The molecule has 0 spiro atoms. The predicted octanol–water partition coefficient (Wildman–Crippen LogP) is 0.706. The largest absolute Gasteiger partial charge is 0.432 e. The Balaban J connectivity index is 3.48. The normalized spacial score (nSPS) is 11.5. The second-order valence-electron chi connectivity index (χ2n) is 2.53. The Morgan fingerprint density at radius 3 is 2.00 bits per heavy atom. The van der Waals surface area contributed by atoms with Gasteiger partial charge in [0.25, 0.3) is 0 Å². The SMILES string of the molecule is CCO[SiH](NOC(C)C)OCC. The molecule has 0 aromatic heterocycles. The fraction of sp³-hybridized carbons (Fsp3) is 1.00. The average molecular weight is 193 g/mol. The van der Waals surface area contributed by atoms with Gasteiger partial charge in [-0.1, -0.05) is 0 Å². The van der Waals surface area contributed by atoms with Crippen molar-refractivity contribution in [2.24, 2.45) is 0 Å². The van der Waals surface area contributed by atoms with Crippen LogP contribution in [0.25, 0.3) is 0 Å². The third kappa shape index (κ3) is 6.75. The second kappa shape index (κ2) is 7.69. The van der Waals surface area contributed by atoms with Crippen molar-refractivity contribution in [3.8, 4) is 0 Å². The molecule has 0 aliphatic rings. The number of nitrogens with one attached hydrogen (secondary N) is 1. The highest BCUT2D eigenvalue weighted by Crippen LogP contribution is 1.89. The zero-order chi connectivity index (χ0) is 9.40. The van der Waals surface area contributed by atoms with E-state index in [4.69, 9.17) is 13.7 Å². The topological polar surface area (TPSA) is 39.7 Å². The van der Waals surface area contributed by atoms with Crippen LogP contribution in [0.2, 0.25) is 0 Å². The van der Waals surface area contributed by atoms with Gasteiger partial charge in [0.15, 0.2) is 0 Å². The summed E-state index contributed by atoms with van der Waals surface area (Å²) in [6.07, 6.45) is 0.154. The average Bonchev–Trinajstić information content (AvgIpc) is 2.01. The molecule has 4 nitrogen and oxygen atoms in total. The van der Waals surface area contributed by atoms with Crippen molar-refractivity contribution in [1.29, 1.82) is 0 Å². The van der Waals surface area contributed by atoms with Crippen molar-refractivity contribution in [3.63, 3.8) is 0 Å². The molecule has 0 saturated carbocycles. The Hall–Kier alpha value is 0.0569. The first-order valence-electron chi connectivity index (χ1n) is 4.35. The lowest BCUT2D eigenvalue weighted by Gasteiger charge is -2.16. The van der Waals surface area contributed by atoms with Gasteiger partial charge in [0.05, 0.1) is 6.10 Å². The van der Waals surface area contributed by atoms with Crippen LogP contribution in [0, 0.1) is 0 Å². The monoisotopic (exact) mass is 193 g/mol. The van der Waals surface area contributed by atoms with Gasteiger partial charge in [-0.2, -0.15) is 5.15 Å². The highest BCUT2D eigenvalue weighted by molar-refractivity contribution is 6.40. The minimum absolute atomic E-state index is 0.154. The third-order valence-corrected chi connectivity index (χ3v) is 2.64. The molecule has 1 N–H and O–H groups in total. The maximum atomic E-state index is 5.31. The van der Waals surface area contributed by atoms with Gasteiger partial charge in [0, 0.05) is 13.2 Å². The van der Waals surface area contributed by atoms with E-state index in [-0.39, 0.29) is 6.10 Å². The molecule has 0 fully saturated rings. The smallest absolute Gasteiger partial charge is 0.384 e. The van der Waals surface area contributed by atoms with Gasteiger partial charge in [-0.15, -0.1) is 0 Å². The van der Waals surface area contributed by atoms with Gasteiger partial charge in [-0.05, 0) is 27.7 Å². The fourth-order valence-electron chi connectivity index (χ4n) is 0.611. The third-order valence-electron chi connectivity index (χ3n) is 1.04. The number of rotatable bonds is 7. The van der Waals surface area contributed by atoms with Crippen LogP contribution in [-0.2, 0) is 13.7 Å². The van der Waals surface area contributed by atoms with Crippen molar-refractivity contribution in [3.05, 3.63) is 0 Å². The summed E-state index contributed by atoms with van der Waals surface area (Å²) >= 11 is 0. The predicted molar refractivity (Wildman–Crippen MR) is 49.8 cm³/mol. The van der Waals surface area contributed by atoms with Crippen LogP contribution in [0.4, 0.5) is 0 Å². The van der Waals surface area contributed by atoms with Crippen LogP contribution in [0.1, 0.15) is 27.7 Å². The van der Waals surface area contributed by atoms with E-state index in [0.717, 1.165) is 0 Å². The first kappa shape index (κ1) is 12.1. The van der Waals surface area contributed by atoms with Crippen LogP contribution in [-0.4, -0.2) is 28.8 Å². The molecule has 0 heterocycles. The van der Waals surface area contributed by atoms with E-state index in [1.807, 2.05) is 27.7 Å². The summed E-state index contributed by atoms with van der Waals surface area (Å²) in [5, 5.41) is 2.82. The quantitative estimate of drug-likeness (QED) is 0.477. The van der Waals surface area contributed by atoms with E-state index in [0.29, 0.717) is 13.2 Å². The Kier molecular flexibility index (Phi) is 7.73. The highest BCUT2D eigenvalue weighted by Gasteiger charge is 2.12. The molecule has 0 radical (unpaired) electrons. The zero-order valence-electron chi connectivity index (χ0n) is 8.29. The molecular weight excluding hydrogens is 174 g/mol. The minimum atomic E-state index is -1.76. The standard InChI is InChI=1S/C7H19NO3Si/c1-5-9-12(10-6-2)8-11-7(3)4/h7-8,12H,5-6H2,1-4H3. The van der Waals surface area contributed by atoms with Crippen molar-refractivity contribution in [2.75, 3.05) is 13.2 Å². The molecule has 0 amide bonds. The molecule has 74 valence electrons. The molecule has 5 heteroatoms. The summed E-state index contributed by atoms with van der Waals surface area (Å²) in [5.41, 5.74) is 0. The van der Waals surface area contributed by atoms with E-state index >= 15 is 0 Å². The summed E-state index contributed by atoms with van der Waals surface area (Å²) in [4.78, 5) is 5.17. The van der Waals surface area contributed by atoms with Crippen LogP contribution < -0.4 is 5.15 Å². The van der Waals surface area contributed by atoms with E-state index in [1.54, 1.807) is 0 Å². The summed E-state index contributed by atoms with van der Waals surface area (Å²) < 4.78 is 10.6. The molecular formula is C7H19NO3Si. The molecule has 0 aliphatic carbocycles. The van der Waals surface area contributed by atoms with E-state index < -0.39 is 9.45 Å². The van der Waals surface area contributed by atoms with Crippen LogP contribution >= 0.6 is 0 Å². The molecule has 0 unspecified atom stereocenters. The molecule has 0 rings (SSSR count). The van der Waals surface area contributed by atoms with Crippen LogP contribution in [0.5, 0.6) is 0 Å². The van der Waals surface area contributed by atoms with Crippen molar-refractivity contribution >= 4 is 9.45 Å². The first-order valence-corrected chi connectivity index (χ1v) is 5.87. The summed E-state index contributed by atoms with van der Waals surface area (Å²) in [5.74, 6) is 0. The summed E-state index contributed by atoms with van der Waals surface area (Å²) in [6.45, 7) is 9.11. The maximum Gasteiger partial charge on any atom is 0.432 e. The first-order chi connectivity index (χ1) is 5.70. The molecule has 0 aromatic carbocycles. The Labute approximate surface area is 76.1 Å². The molecule has 12 heavy (non-hydrogen) atoms. The number of hydrogen-bond donors (Lipinski definition) is 1. The highest BCUT2D eigenvalue weighted by atomic mass is 28.3. The van der Waals surface area contributed by atoms with Crippen LogP contribution in [0.3, 0.4) is 0 Å². The van der Waals surface area contributed by atoms with E-state index in [2.05, 4.69) is 5.15 Å². The summed E-state index contributed by atoms with van der Waals surface area (Å²) in [7, 11) is -1.76. The molecule has 0 atom stereocenters. The van der Waals surface area contributed by atoms with Gasteiger partial charge >= 0.3 is 9.45 Å². The molecule has 0 aromatic rings. The van der Waals surface area contributed by atoms with Crippen molar-refractivity contribution in [1.82, 2.24) is 5.15 Å². The van der Waals surface area contributed by atoms with Crippen LogP contribution in [0.15, 0.2) is 0 Å². The minimum Gasteiger partial charge on any atom is -0.384 e. The molecule has 0 aliphatic heterocycles. The lowest BCUT2D eigenvalue weighted by Crippen LogP contribution is -2.41. The zero-order valence-corrected chi connectivity index (χ0v) is 9.45. The lowest BCUT2D eigenvalue weighted by atomic mass is 10.5. The lowest BCUT2D eigenvalue weighted by molar-refractivity contribution is 0.00770. The summed E-state index contributed by atoms with van der Waals surface area (Å²) in [6, 6.07) is 0. The van der Waals surface area contributed by atoms with Gasteiger partial charge in [0.2, 0.25) is 0 Å². The Morgan fingerprint density at radius 2 is 1.67 bits per heavy atom. The van der Waals surface area contributed by atoms with Gasteiger partial charge in [-0.25, -0.2) is 0 Å². The van der Waals surface area contributed by atoms with Gasteiger partial charge in [0.1, 0.15) is 0 Å². The molecule has 0 saturated heterocycles. The fourth-order valence-corrected chi connectivity index (χ4v) is 1.83. The number of hydrogen-bond acceptors (Lipinski definition) is 4. The van der Waals surface area contributed by atoms with Gasteiger partial charge in [-0.3, -0.25) is 0 Å². The van der Waals surface area contributed by atoms with Gasteiger partial charge < -0.3 is 13.7 Å². The molecule has 0 bridgehead atoms. The maximum absolute atomic E-state index is 5.31.